The van der Waals surface area contributed by atoms with Gasteiger partial charge in [-0.25, -0.2) is 0 Å². The van der Waals surface area contributed by atoms with Crippen molar-refractivity contribution in [2.24, 2.45) is 0 Å². The van der Waals surface area contributed by atoms with Crippen molar-refractivity contribution in [1.82, 2.24) is 0 Å². The van der Waals surface area contributed by atoms with Crippen LogP contribution in [-0.2, 0) is 0 Å². The van der Waals surface area contributed by atoms with Gasteiger partial charge in [0.2, 0.25) is 0 Å². The predicted molar refractivity (Wildman–Crippen MR) is 72.1 cm³/mol. The Balaban J connectivity index is 3.02. The van der Waals surface area contributed by atoms with Crippen molar-refractivity contribution < 1.29 is 9.47 Å². The maximum absolute atomic E-state index is 5.88. The van der Waals surface area contributed by atoms with E-state index in [-0.39, 0.29) is 6.10 Å². The molecule has 0 saturated heterocycles. The molecule has 0 aliphatic carbocycles. The largest absolute Gasteiger partial charge is 0.494 e. The Kier molecular flexibility index (Phi) is 5.33. The highest BCUT2D eigenvalue weighted by Crippen LogP contribution is 2.32. The summed E-state index contributed by atoms with van der Waals surface area (Å²) in [5, 5.41) is 0. The van der Waals surface area contributed by atoms with Crippen LogP contribution in [0.25, 0.3) is 0 Å². The van der Waals surface area contributed by atoms with Crippen LogP contribution in [0.1, 0.15) is 52.5 Å². The summed E-state index contributed by atoms with van der Waals surface area (Å²) in [4.78, 5) is 0. The van der Waals surface area contributed by atoms with Gasteiger partial charge in [0.05, 0.1) is 12.7 Å². The summed E-state index contributed by atoms with van der Waals surface area (Å²) in [5.41, 5.74) is 1.27. The molecular weight excluding hydrogens is 212 g/mol. The van der Waals surface area contributed by atoms with Crippen molar-refractivity contribution in [2.45, 2.75) is 53.1 Å². The lowest BCUT2D eigenvalue weighted by molar-refractivity contribution is 0.237. The highest BCUT2D eigenvalue weighted by atomic mass is 16.5. The van der Waals surface area contributed by atoms with E-state index in [9.17, 15) is 0 Å². The number of hydrogen-bond donors (Lipinski definition) is 0. The minimum Gasteiger partial charge on any atom is -0.494 e. The average Bonchev–Trinajstić information content (AvgIpc) is 2.28. The average molecular weight is 236 g/mol. The van der Waals surface area contributed by atoms with Crippen molar-refractivity contribution >= 4 is 0 Å². The fourth-order valence-corrected chi connectivity index (χ4v) is 1.75. The molecule has 96 valence electrons. The van der Waals surface area contributed by atoms with Gasteiger partial charge in [0.25, 0.3) is 0 Å². The fraction of sp³-hybridized carbons (Fsp3) is 0.600. The monoisotopic (exact) mass is 236 g/mol. The molecule has 0 spiro atoms. The zero-order chi connectivity index (χ0) is 12.8. The van der Waals surface area contributed by atoms with Crippen LogP contribution >= 0.6 is 0 Å². The van der Waals surface area contributed by atoms with E-state index in [1.54, 1.807) is 0 Å². The third kappa shape index (κ3) is 3.95. The summed E-state index contributed by atoms with van der Waals surface area (Å²) >= 11 is 0. The second-order valence-electron chi connectivity index (χ2n) is 4.61. The first-order chi connectivity index (χ1) is 8.08. The third-order valence-electron chi connectivity index (χ3n) is 2.80. The third-order valence-corrected chi connectivity index (χ3v) is 2.80. The maximum Gasteiger partial charge on any atom is 0.126 e. The Morgan fingerprint density at radius 1 is 1.12 bits per heavy atom. The SMILES string of the molecule is CCOc1ccc(C(C)CC)c(OC(C)C)c1. The van der Waals surface area contributed by atoms with E-state index in [1.807, 2.05) is 32.9 Å². The number of ether oxygens (including phenoxy) is 2. The van der Waals surface area contributed by atoms with E-state index in [4.69, 9.17) is 9.47 Å². The molecule has 0 amide bonds. The molecule has 0 bridgehead atoms. The highest BCUT2D eigenvalue weighted by Gasteiger charge is 2.12. The second kappa shape index (κ2) is 6.53. The minimum absolute atomic E-state index is 0.190. The first-order valence-corrected chi connectivity index (χ1v) is 6.51. The lowest BCUT2D eigenvalue weighted by Crippen LogP contribution is -2.09. The van der Waals surface area contributed by atoms with Gasteiger partial charge in [-0.1, -0.05) is 19.9 Å². The van der Waals surface area contributed by atoms with Crippen molar-refractivity contribution in [3.05, 3.63) is 23.8 Å². The Bertz CT molecular complexity index is 345. The van der Waals surface area contributed by atoms with Crippen LogP contribution in [0.4, 0.5) is 0 Å². The minimum atomic E-state index is 0.190. The molecule has 2 nitrogen and oxygen atoms in total. The summed E-state index contributed by atoms with van der Waals surface area (Å²) in [6.07, 6.45) is 1.30. The summed E-state index contributed by atoms with van der Waals surface area (Å²) in [7, 11) is 0. The van der Waals surface area contributed by atoms with Gasteiger partial charge in [-0.3, -0.25) is 0 Å². The Morgan fingerprint density at radius 3 is 2.35 bits per heavy atom. The van der Waals surface area contributed by atoms with Crippen molar-refractivity contribution in [3.8, 4) is 11.5 Å². The number of hydrogen-bond acceptors (Lipinski definition) is 2. The molecule has 2 heteroatoms. The van der Waals surface area contributed by atoms with Crippen molar-refractivity contribution in [3.63, 3.8) is 0 Å². The molecule has 1 unspecified atom stereocenters. The molecule has 0 radical (unpaired) electrons. The maximum atomic E-state index is 5.88. The summed E-state index contributed by atoms with van der Waals surface area (Å²) in [6.45, 7) is 11.2. The van der Waals surface area contributed by atoms with Crippen LogP contribution in [0.15, 0.2) is 18.2 Å². The molecule has 17 heavy (non-hydrogen) atoms. The molecule has 0 heterocycles. The lowest BCUT2D eigenvalue weighted by atomic mass is 9.97. The molecule has 1 aromatic rings. The van der Waals surface area contributed by atoms with Crippen LogP contribution in [0.2, 0.25) is 0 Å². The van der Waals surface area contributed by atoms with E-state index < -0.39 is 0 Å². The van der Waals surface area contributed by atoms with Crippen LogP contribution in [0, 0.1) is 0 Å². The molecule has 0 aliphatic heterocycles. The van der Waals surface area contributed by atoms with Gasteiger partial charge < -0.3 is 9.47 Å². The predicted octanol–water partition coefficient (Wildman–Crippen LogP) is 4.39. The summed E-state index contributed by atoms with van der Waals surface area (Å²) in [5.74, 6) is 2.36. The van der Waals surface area contributed by atoms with Gasteiger partial charge >= 0.3 is 0 Å². The summed E-state index contributed by atoms with van der Waals surface area (Å²) in [6, 6.07) is 6.15. The topological polar surface area (TPSA) is 18.5 Å². The Labute approximate surface area is 105 Å². The van der Waals surface area contributed by atoms with Crippen molar-refractivity contribution in [2.75, 3.05) is 6.61 Å². The van der Waals surface area contributed by atoms with Crippen LogP contribution in [0.3, 0.4) is 0 Å². The van der Waals surface area contributed by atoms with E-state index in [2.05, 4.69) is 19.9 Å². The van der Waals surface area contributed by atoms with E-state index in [0.29, 0.717) is 12.5 Å². The van der Waals surface area contributed by atoms with Gasteiger partial charge in [0, 0.05) is 6.07 Å². The molecule has 1 atom stereocenters. The molecule has 0 aromatic heterocycles. The fourth-order valence-electron chi connectivity index (χ4n) is 1.75. The van der Waals surface area contributed by atoms with Crippen LogP contribution < -0.4 is 9.47 Å². The van der Waals surface area contributed by atoms with Gasteiger partial charge in [0.15, 0.2) is 0 Å². The molecule has 0 fully saturated rings. The normalized spacial score (nSPS) is 12.6. The first kappa shape index (κ1) is 13.9. The zero-order valence-corrected chi connectivity index (χ0v) is 11.6. The molecule has 1 aromatic carbocycles. The zero-order valence-electron chi connectivity index (χ0n) is 11.6. The lowest BCUT2D eigenvalue weighted by Gasteiger charge is -2.19. The van der Waals surface area contributed by atoms with Gasteiger partial charge in [0.1, 0.15) is 11.5 Å². The van der Waals surface area contributed by atoms with Crippen LogP contribution in [0.5, 0.6) is 11.5 Å². The molecule has 0 saturated carbocycles. The number of rotatable bonds is 6. The van der Waals surface area contributed by atoms with E-state index >= 15 is 0 Å². The summed E-state index contributed by atoms with van der Waals surface area (Å²) < 4.78 is 11.4. The van der Waals surface area contributed by atoms with Crippen molar-refractivity contribution in [1.29, 1.82) is 0 Å². The first-order valence-electron chi connectivity index (χ1n) is 6.51. The smallest absolute Gasteiger partial charge is 0.126 e. The highest BCUT2D eigenvalue weighted by molar-refractivity contribution is 5.42. The molecule has 0 aliphatic rings. The molecule has 1 rings (SSSR count). The quantitative estimate of drug-likeness (QED) is 0.729. The Morgan fingerprint density at radius 2 is 1.82 bits per heavy atom. The number of benzene rings is 1. The standard InChI is InChI=1S/C15H24O2/c1-6-12(5)14-9-8-13(16-7-2)10-15(14)17-11(3)4/h8-12H,6-7H2,1-5H3. The molecule has 0 N–H and O–H groups in total. The van der Waals surface area contributed by atoms with Gasteiger partial charge in [-0.15, -0.1) is 0 Å². The van der Waals surface area contributed by atoms with Gasteiger partial charge in [-0.05, 0) is 44.7 Å². The Hall–Kier alpha value is -1.18. The van der Waals surface area contributed by atoms with Crippen LogP contribution in [-0.4, -0.2) is 12.7 Å². The van der Waals surface area contributed by atoms with E-state index in [0.717, 1.165) is 17.9 Å². The second-order valence-corrected chi connectivity index (χ2v) is 4.61. The van der Waals surface area contributed by atoms with Gasteiger partial charge in [-0.2, -0.15) is 0 Å². The molecular formula is C15H24O2. The van der Waals surface area contributed by atoms with E-state index in [1.165, 1.54) is 5.56 Å².